The molecule has 0 aliphatic rings. The molecule has 2 aromatic carbocycles. The van der Waals surface area contributed by atoms with Crippen LogP contribution in [0, 0.1) is 5.82 Å². The molecule has 0 saturated heterocycles. The summed E-state index contributed by atoms with van der Waals surface area (Å²) in [7, 11) is 0. The van der Waals surface area contributed by atoms with E-state index in [1.165, 1.54) is 33.8 Å². The zero-order valence-electron chi connectivity index (χ0n) is 14.7. The highest BCUT2D eigenvalue weighted by Gasteiger charge is 2.15. The third kappa shape index (κ3) is 3.44. The van der Waals surface area contributed by atoms with E-state index in [4.69, 9.17) is 9.15 Å². The first-order valence-corrected chi connectivity index (χ1v) is 8.67. The second-order valence-corrected chi connectivity index (χ2v) is 6.10. The van der Waals surface area contributed by atoms with Crippen molar-refractivity contribution in [3.63, 3.8) is 0 Å². The van der Waals surface area contributed by atoms with Gasteiger partial charge in [-0.1, -0.05) is 12.1 Å². The minimum atomic E-state index is -0.550. The highest BCUT2D eigenvalue weighted by Crippen LogP contribution is 2.14. The number of rotatable bonds is 6. The van der Waals surface area contributed by atoms with Crippen molar-refractivity contribution in [2.45, 2.75) is 13.0 Å². The SMILES string of the molecule is O=C(OCCCn1c(=O)oc2ccccc21)c1cncn1-c1ccc(F)cc1. The number of fused-ring (bicyclic) bond motifs is 1. The molecule has 8 heteroatoms. The van der Waals surface area contributed by atoms with Crippen LogP contribution in [0.3, 0.4) is 0 Å². The second kappa shape index (κ2) is 7.51. The van der Waals surface area contributed by atoms with Gasteiger partial charge in [-0.3, -0.25) is 9.13 Å². The van der Waals surface area contributed by atoms with E-state index in [0.717, 1.165) is 0 Å². The fourth-order valence-electron chi connectivity index (χ4n) is 2.94. The monoisotopic (exact) mass is 381 g/mol. The van der Waals surface area contributed by atoms with Crippen molar-refractivity contribution >= 4 is 17.1 Å². The number of hydrogen-bond acceptors (Lipinski definition) is 5. The largest absolute Gasteiger partial charge is 0.461 e. The van der Waals surface area contributed by atoms with E-state index >= 15 is 0 Å². The first kappa shape index (κ1) is 17.7. The highest BCUT2D eigenvalue weighted by molar-refractivity contribution is 5.88. The van der Waals surface area contributed by atoms with E-state index in [2.05, 4.69) is 4.98 Å². The van der Waals surface area contributed by atoms with Crippen molar-refractivity contribution < 1.29 is 18.3 Å². The van der Waals surface area contributed by atoms with Crippen molar-refractivity contribution in [1.82, 2.24) is 14.1 Å². The molecule has 0 saturated carbocycles. The summed E-state index contributed by atoms with van der Waals surface area (Å²) < 4.78 is 26.6. The zero-order valence-corrected chi connectivity index (χ0v) is 14.7. The number of para-hydroxylation sites is 2. The van der Waals surface area contributed by atoms with Gasteiger partial charge in [-0.05, 0) is 42.8 Å². The van der Waals surface area contributed by atoms with Gasteiger partial charge < -0.3 is 9.15 Å². The van der Waals surface area contributed by atoms with E-state index in [-0.39, 0.29) is 18.1 Å². The smallest absolute Gasteiger partial charge is 0.419 e. The van der Waals surface area contributed by atoms with Crippen LogP contribution >= 0.6 is 0 Å². The predicted octanol–water partition coefficient (Wildman–Crippen LogP) is 3.17. The number of oxazole rings is 1. The van der Waals surface area contributed by atoms with Crippen LogP contribution in [0.25, 0.3) is 16.8 Å². The minimum Gasteiger partial charge on any atom is -0.461 e. The molecule has 0 aliphatic heterocycles. The molecule has 0 fully saturated rings. The number of imidazole rings is 1. The number of benzene rings is 2. The molecule has 142 valence electrons. The van der Waals surface area contributed by atoms with Crippen molar-refractivity contribution in [1.29, 1.82) is 0 Å². The lowest BCUT2D eigenvalue weighted by Crippen LogP contribution is -2.17. The summed E-state index contributed by atoms with van der Waals surface area (Å²) in [6.45, 7) is 0.486. The molecule has 28 heavy (non-hydrogen) atoms. The summed E-state index contributed by atoms with van der Waals surface area (Å²) in [5.74, 6) is -1.36. The Labute approximate surface area is 158 Å². The van der Waals surface area contributed by atoms with Crippen molar-refractivity contribution in [2.24, 2.45) is 0 Å². The van der Waals surface area contributed by atoms with Crippen LogP contribution in [0.1, 0.15) is 16.9 Å². The van der Waals surface area contributed by atoms with Gasteiger partial charge in [0.1, 0.15) is 5.82 Å². The van der Waals surface area contributed by atoms with Gasteiger partial charge in [0.05, 0.1) is 24.6 Å². The van der Waals surface area contributed by atoms with Crippen molar-refractivity contribution in [3.05, 3.63) is 83.1 Å². The summed E-state index contributed by atoms with van der Waals surface area (Å²) in [5.41, 5.74) is 2.06. The van der Waals surface area contributed by atoms with Crippen LogP contribution in [0.4, 0.5) is 4.39 Å². The molecule has 0 aliphatic carbocycles. The van der Waals surface area contributed by atoms with Gasteiger partial charge in [0.25, 0.3) is 0 Å². The van der Waals surface area contributed by atoms with Gasteiger partial charge in [-0.2, -0.15) is 0 Å². The van der Waals surface area contributed by atoms with Crippen LogP contribution in [0.5, 0.6) is 0 Å². The lowest BCUT2D eigenvalue weighted by atomic mass is 10.3. The maximum absolute atomic E-state index is 13.1. The summed E-state index contributed by atoms with van der Waals surface area (Å²) in [6, 6.07) is 12.8. The maximum Gasteiger partial charge on any atom is 0.419 e. The lowest BCUT2D eigenvalue weighted by molar-refractivity contribution is 0.0486. The highest BCUT2D eigenvalue weighted by atomic mass is 19.1. The summed E-state index contributed by atoms with van der Waals surface area (Å²) in [5, 5.41) is 0. The van der Waals surface area contributed by atoms with Gasteiger partial charge in [-0.25, -0.2) is 19.0 Å². The van der Waals surface area contributed by atoms with Crippen LogP contribution in [-0.2, 0) is 11.3 Å². The van der Waals surface area contributed by atoms with E-state index < -0.39 is 11.7 Å². The van der Waals surface area contributed by atoms with Crippen LogP contribution < -0.4 is 5.76 Å². The molecule has 4 aromatic rings. The Bertz CT molecular complexity index is 1170. The summed E-state index contributed by atoms with van der Waals surface area (Å²) in [4.78, 5) is 28.3. The Morgan fingerprint density at radius 1 is 1.14 bits per heavy atom. The number of carbonyl (C=O) groups is 1. The number of ether oxygens (including phenoxy) is 1. The molecular formula is C20H16FN3O4. The molecule has 0 spiro atoms. The average Bonchev–Trinajstić information content (AvgIpc) is 3.30. The Kier molecular flexibility index (Phi) is 4.76. The standard InChI is InChI=1S/C20H16FN3O4/c21-14-6-8-15(9-7-14)24-13-22-12-17(24)19(25)27-11-3-10-23-16-4-1-2-5-18(16)28-20(23)26/h1-2,4-9,12-13H,3,10-11H2. The Morgan fingerprint density at radius 3 is 2.75 bits per heavy atom. The average molecular weight is 381 g/mol. The molecule has 2 aromatic heterocycles. The van der Waals surface area contributed by atoms with Crippen LogP contribution in [-0.4, -0.2) is 26.7 Å². The number of aromatic nitrogens is 3. The number of esters is 1. The topological polar surface area (TPSA) is 79.3 Å². The van der Waals surface area contributed by atoms with E-state index in [0.29, 0.717) is 29.8 Å². The molecule has 0 unspecified atom stereocenters. The van der Waals surface area contributed by atoms with E-state index in [1.54, 1.807) is 30.3 Å². The quantitative estimate of drug-likeness (QED) is 0.379. The van der Waals surface area contributed by atoms with E-state index in [9.17, 15) is 14.0 Å². The van der Waals surface area contributed by atoms with Gasteiger partial charge in [0, 0.05) is 12.2 Å². The summed E-state index contributed by atoms with van der Waals surface area (Å²) in [6.07, 6.45) is 3.29. The third-order valence-corrected chi connectivity index (χ3v) is 4.29. The van der Waals surface area contributed by atoms with Gasteiger partial charge in [-0.15, -0.1) is 0 Å². The molecule has 0 bridgehead atoms. The number of carbonyl (C=O) groups excluding carboxylic acids is 1. The van der Waals surface area contributed by atoms with Gasteiger partial charge in [0.2, 0.25) is 0 Å². The second-order valence-electron chi connectivity index (χ2n) is 6.10. The molecule has 4 rings (SSSR count). The Hall–Kier alpha value is -3.68. The first-order valence-electron chi connectivity index (χ1n) is 8.67. The lowest BCUT2D eigenvalue weighted by Gasteiger charge is -2.08. The fraction of sp³-hybridized carbons (Fsp3) is 0.150. The van der Waals surface area contributed by atoms with Gasteiger partial charge >= 0.3 is 11.7 Å². The molecule has 0 amide bonds. The molecule has 0 N–H and O–H groups in total. The van der Waals surface area contributed by atoms with Crippen molar-refractivity contribution in [2.75, 3.05) is 6.61 Å². The minimum absolute atomic E-state index is 0.124. The summed E-state index contributed by atoms with van der Waals surface area (Å²) >= 11 is 0. The number of aryl methyl sites for hydroxylation is 1. The number of halogens is 1. The maximum atomic E-state index is 13.1. The Balaban J connectivity index is 1.39. The molecule has 0 atom stereocenters. The third-order valence-electron chi connectivity index (χ3n) is 4.29. The number of nitrogens with zero attached hydrogens (tertiary/aromatic N) is 3. The number of hydrogen-bond donors (Lipinski definition) is 0. The fourth-order valence-corrected chi connectivity index (χ4v) is 2.94. The molecule has 2 heterocycles. The molecule has 7 nitrogen and oxygen atoms in total. The predicted molar refractivity (Wildman–Crippen MR) is 98.9 cm³/mol. The van der Waals surface area contributed by atoms with Crippen LogP contribution in [0.2, 0.25) is 0 Å². The molecular weight excluding hydrogens is 365 g/mol. The van der Waals surface area contributed by atoms with Crippen molar-refractivity contribution in [3.8, 4) is 5.69 Å². The Morgan fingerprint density at radius 2 is 1.93 bits per heavy atom. The normalized spacial score (nSPS) is 11.0. The molecule has 0 radical (unpaired) electrons. The van der Waals surface area contributed by atoms with Gasteiger partial charge in [0.15, 0.2) is 11.3 Å². The van der Waals surface area contributed by atoms with Crippen LogP contribution in [0.15, 0.2) is 70.3 Å². The zero-order chi connectivity index (χ0) is 19.5. The van der Waals surface area contributed by atoms with E-state index in [1.807, 2.05) is 6.07 Å². The first-order chi connectivity index (χ1) is 13.6.